The van der Waals surface area contributed by atoms with Gasteiger partial charge in [-0.3, -0.25) is 9.69 Å². The minimum atomic E-state index is -0.565. The quantitative estimate of drug-likeness (QED) is 0.658. The van der Waals surface area contributed by atoms with Gasteiger partial charge in [0.25, 0.3) is 0 Å². The summed E-state index contributed by atoms with van der Waals surface area (Å²) in [6.07, 6.45) is 3.30. The van der Waals surface area contributed by atoms with E-state index < -0.39 is 6.10 Å². The number of carbonyl (C=O) groups is 1. The van der Waals surface area contributed by atoms with Crippen LogP contribution < -0.4 is 5.32 Å². The number of nitrogens with zero attached hydrogens (tertiary/aromatic N) is 3. The maximum absolute atomic E-state index is 12.1. The second-order valence-corrected chi connectivity index (χ2v) is 7.42. The summed E-state index contributed by atoms with van der Waals surface area (Å²) in [4.78, 5) is 14.4. The topological polar surface area (TPSA) is 69.9 Å². The average Bonchev–Trinajstić information content (AvgIpc) is 3.14. The maximum Gasteiger partial charge on any atom is 0.220 e. The first-order valence-electron chi connectivity index (χ1n) is 9.84. The van der Waals surface area contributed by atoms with Crippen LogP contribution in [0.2, 0.25) is 0 Å². The number of aromatic nitrogens is 2. The van der Waals surface area contributed by atoms with Gasteiger partial charge in [-0.1, -0.05) is 30.3 Å². The van der Waals surface area contributed by atoms with Crippen molar-refractivity contribution in [1.82, 2.24) is 19.8 Å². The highest BCUT2D eigenvalue weighted by Crippen LogP contribution is 2.18. The lowest BCUT2D eigenvalue weighted by molar-refractivity contribution is -0.121. The number of hydrogen-bond donors (Lipinski definition) is 2. The number of pyridine rings is 1. The average molecular weight is 378 g/mol. The molecule has 4 rings (SSSR count). The first-order valence-corrected chi connectivity index (χ1v) is 9.84. The van der Waals surface area contributed by atoms with Crippen molar-refractivity contribution >= 4 is 11.4 Å². The van der Waals surface area contributed by atoms with Gasteiger partial charge in [0, 0.05) is 45.2 Å². The highest BCUT2D eigenvalue weighted by molar-refractivity contribution is 5.76. The molecular formula is C22H26N4O2. The predicted octanol–water partition coefficient (Wildman–Crippen LogP) is 1.80. The summed E-state index contributed by atoms with van der Waals surface area (Å²) in [7, 11) is 0. The monoisotopic (exact) mass is 378 g/mol. The van der Waals surface area contributed by atoms with Crippen molar-refractivity contribution in [3.05, 3.63) is 71.5 Å². The first kappa shape index (κ1) is 18.7. The molecule has 6 nitrogen and oxygen atoms in total. The number of nitrogens with one attached hydrogen (secondary N) is 1. The molecule has 3 aromatic rings. The van der Waals surface area contributed by atoms with Crippen LogP contribution in [0.25, 0.3) is 5.52 Å². The molecule has 1 amide bonds. The maximum atomic E-state index is 12.1. The highest BCUT2D eigenvalue weighted by Gasteiger charge is 2.18. The molecule has 0 fully saturated rings. The molecule has 146 valence electrons. The number of hydrogen-bond acceptors (Lipinski definition) is 4. The fraction of sp³-hybridized carbons (Fsp3) is 0.364. The summed E-state index contributed by atoms with van der Waals surface area (Å²) in [5.74, 6) is -0.0555. The predicted molar refractivity (Wildman–Crippen MR) is 108 cm³/mol. The van der Waals surface area contributed by atoms with Gasteiger partial charge in [-0.15, -0.1) is 0 Å². The van der Waals surface area contributed by atoms with Gasteiger partial charge in [0.1, 0.15) is 0 Å². The first-order chi connectivity index (χ1) is 13.7. The number of aliphatic hydroxyl groups is 1. The van der Waals surface area contributed by atoms with Crippen LogP contribution in [0.1, 0.15) is 23.2 Å². The molecule has 0 bridgehead atoms. The molecular weight excluding hydrogens is 352 g/mol. The van der Waals surface area contributed by atoms with Gasteiger partial charge in [0.15, 0.2) is 0 Å². The fourth-order valence-electron chi connectivity index (χ4n) is 3.75. The van der Waals surface area contributed by atoms with E-state index in [9.17, 15) is 9.90 Å². The molecule has 1 aromatic carbocycles. The van der Waals surface area contributed by atoms with Crippen molar-refractivity contribution in [2.24, 2.45) is 0 Å². The molecule has 0 saturated carbocycles. The summed E-state index contributed by atoms with van der Waals surface area (Å²) in [5.41, 5.74) is 4.65. The van der Waals surface area contributed by atoms with E-state index in [1.165, 1.54) is 11.1 Å². The number of benzene rings is 1. The van der Waals surface area contributed by atoms with E-state index in [1.54, 1.807) is 0 Å². The molecule has 0 radical (unpaired) electrons. The van der Waals surface area contributed by atoms with Gasteiger partial charge in [-0.25, -0.2) is 4.52 Å². The van der Waals surface area contributed by atoms with Gasteiger partial charge < -0.3 is 10.4 Å². The Morgan fingerprint density at radius 3 is 2.86 bits per heavy atom. The Kier molecular flexibility index (Phi) is 5.69. The van der Waals surface area contributed by atoms with Crippen molar-refractivity contribution in [3.63, 3.8) is 0 Å². The lowest BCUT2D eigenvalue weighted by Crippen LogP contribution is -2.42. The third-order valence-corrected chi connectivity index (χ3v) is 5.24. The SMILES string of the molecule is O=C(CCc1cc2ccccn2n1)NC[C@H](O)CN1CCc2ccccc2C1. The lowest BCUT2D eigenvalue weighted by Gasteiger charge is -2.30. The smallest absolute Gasteiger partial charge is 0.220 e. The van der Waals surface area contributed by atoms with E-state index in [1.807, 2.05) is 35.0 Å². The molecule has 1 aliphatic heterocycles. The molecule has 2 N–H and O–H groups in total. The minimum absolute atomic E-state index is 0.0555. The van der Waals surface area contributed by atoms with E-state index >= 15 is 0 Å². The summed E-state index contributed by atoms with van der Waals surface area (Å²) >= 11 is 0. The number of aryl methyl sites for hydroxylation is 1. The van der Waals surface area contributed by atoms with Crippen LogP contribution in [0.5, 0.6) is 0 Å². The van der Waals surface area contributed by atoms with Gasteiger partial charge in [-0.2, -0.15) is 5.10 Å². The van der Waals surface area contributed by atoms with Crippen molar-refractivity contribution < 1.29 is 9.90 Å². The molecule has 0 spiro atoms. The van der Waals surface area contributed by atoms with Crippen molar-refractivity contribution in [3.8, 4) is 0 Å². The highest BCUT2D eigenvalue weighted by atomic mass is 16.3. The van der Waals surface area contributed by atoms with Gasteiger partial charge >= 0.3 is 0 Å². The Hall–Kier alpha value is -2.70. The molecule has 1 atom stereocenters. The molecule has 3 heterocycles. The number of carbonyl (C=O) groups excluding carboxylic acids is 1. The zero-order valence-electron chi connectivity index (χ0n) is 15.9. The van der Waals surface area contributed by atoms with E-state index in [0.717, 1.165) is 30.7 Å². The fourth-order valence-corrected chi connectivity index (χ4v) is 3.75. The summed E-state index contributed by atoms with van der Waals surface area (Å²) < 4.78 is 1.81. The Balaban J connectivity index is 1.19. The van der Waals surface area contributed by atoms with Gasteiger partial charge in [0.05, 0.1) is 17.3 Å². The molecule has 28 heavy (non-hydrogen) atoms. The molecule has 0 saturated heterocycles. The number of amides is 1. The summed E-state index contributed by atoms with van der Waals surface area (Å²) in [6.45, 7) is 2.65. The lowest BCUT2D eigenvalue weighted by atomic mass is 10.00. The van der Waals surface area contributed by atoms with E-state index in [-0.39, 0.29) is 12.5 Å². The molecule has 1 aliphatic rings. The Morgan fingerprint density at radius 2 is 2.00 bits per heavy atom. The summed E-state index contributed by atoms with van der Waals surface area (Å²) in [5, 5.41) is 17.6. The van der Waals surface area contributed by atoms with Crippen molar-refractivity contribution in [2.45, 2.75) is 31.9 Å². The zero-order chi connectivity index (χ0) is 19.3. The van der Waals surface area contributed by atoms with Crippen LogP contribution in [-0.2, 0) is 24.2 Å². The van der Waals surface area contributed by atoms with Gasteiger partial charge in [0.2, 0.25) is 5.91 Å². The standard InChI is InChI=1S/C22H26N4O2/c27-21(16-25-12-10-17-5-1-2-6-18(17)15-25)14-23-22(28)9-8-19-13-20-7-3-4-11-26(20)24-19/h1-7,11,13,21,27H,8-10,12,14-16H2,(H,23,28)/t21-/m0/s1. The second-order valence-electron chi connectivity index (χ2n) is 7.42. The van der Waals surface area contributed by atoms with E-state index in [2.05, 4.69) is 39.6 Å². The van der Waals surface area contributed by atoms with Crippen LogP contribution >= 0.6 is 0 Å². The van der Waals surface area contributed by atoms with Crippen LogP contribution in [0.3, 0.4) is 0 Å². The Labute approximate surface area is 164 Å². The number of fused-ring (bicyclic) bond motifs is 2. The second kappa shape index (κ2) is 8.54. The molecule has 2 aromatic heterocycles. The number of aliphatic hydroxyl groups excluding tert-OH is 1. The third kappa shape index (κ3) is 4.58. The van der Waals surface area contributed by atoms with Crippen LogP contribution in [-0.4, -0.2) is 51.3 Å². The third-order valence-electron chi connectivity index (χ3n) is 5.24. The van der Waals surface area contributed by atoms with Crippen LogP contribution in [0.4, 0.5) is 0 Å². The zero-order valence-corrected chi connectivity index (χ0v) is 15.9. The van der Waals surface area contributed by atoms with E-state index in [4.69, 9.17) is 0 Å². The molecule has 6 heteroatoms. The van der Waals surface area contributed by atoms with Crippen LogP contribution in [0.15, 0.2) is 54.7 Å². The molecule has 0 unspecified atom stereocenters. The van der Waals surface area contributed by atoms with Crippen LogP contribution in [0, 0.1) is 0 Å². The largest absolute Gasteiger partial charge is 0.390 e. The summed E-state index contributed by atoms with van der Waals surface area (Å²) in [6, 6.07) is 16.3. The number of β-amino-alcohol motifs (C(OH)–C–C–N with tert-alkyl or cyclic N) is 1. The molecule has 0 aliphatic carbocycles. The van der Waals surface area contributed by atoms with Gasteiger partial charge in [-0.05, 0) is 35.7 Å². The minimum Gasteiger partial charge on any atom is -0.390 e. The Bertz CT molecular complexity index is 919. The van der Waals surface area contributed by atoms with Crippen molar-refractivity contribution in [2.75, 3.05) is 19.6 Å². The van der Waals surface area contributed by atoms with E-state index in [0.29, 0.717) is 19.4 Å². The van der Waals surface area contributed by atoms with Crippen molar-refractivity contribution in [1.29, 1.82) is 0 Å². The number of rotatable bonds is 7. The Morgan fingerprint density at radius 1 is 1.18 bits per heavy atom. The normalized spacial score (nSPS) is 15.3.